The molecule has 0 radical (unpaired) electrons. The Labute approximate surface area is 118 Å². The molecule has 0 unspecified atom stereocenters. The molecule has 1 rings (SSSR count). The fraction of sp³-hybridized carbons (Fsp3) is 0.923. The standard InChI is InChI=1S/C13H28N2O3Si/c1-5-6-8-14-10-11-15(13(14)16)9-7-12-19(4,17-2)18-3/h5-12H2,1-4H3. The molecule has 1 aliphatic heterocycles. The molecule has 19 heavy (non-hydrogen) atoms. The molecule has 1 fully saturated rings. The molecule has 0 saturated carbocycles. The van der Waals surface area contributed by atoms with E-state index >= 15 is 0 Å². The Morgan fingerprint density at radius 3 is 2.11 bits per heavy atom. The van der Waals surface area contributed by atoms with E-state index in [1.165, 1.54) is 0 Å². The van der Waals surface area contributed by atoms with Crippen LogP contribution in [0.2, 0.25) is 12.6 Å². The minimum Gasteiger partial charge on any atom is -0.398 e. The van der Waals surface area contributed by atoms with Gasteiger partial charge in [-0.2, -0.15) is 0 Å². The zero-order valence-corrected chi connectivity index (χ0v) is 13.8. The van der Waals surface area contributed by atoms with E-state index in [1.54, 1.807) is 14.2 Å². The van der Waals surface area contributed by atoms with E-state index in [2.05, 4.69) is 13.5 Å². The lowest BCUT2D eigenvalue weighted by molar-refractivity contribution is 0.190. The van der Waals surface area contributed by atoms with Crippen LogP contribution in [-0.2, 0) is 8.85 Å². The molecule has 1 saturated heterocycles. The summed E-state index contributed by atoms with van der Waals surface area (Å²) in [5.74, 6) is 0. The molecule has 112 valence electrons. The second kappa shape index (κ2) is 7.87. The predicted molar refractivity (Wildman–Crippen MR) is 78.5 cm³/mol. The minimum absolute atomic E-state index is 0.201. The summed E-state index contributed by atoms with van der Waals surface area (Å²) in [4.78, 5) is 16.0. The minimum atomic E-state index is -1.98. The molecule has 2 amide bonds. The van der Waals surface area contributed by atoms with Crippen molar-refractivity contribution in [3.63, 3.8) is 0 Å². The average Bonchev–Trinajstić information content (AvgIpc) is 2.77. The molecular formula is C13H28N2O3Si. The maximum Gasteiger partial charge on any atom is 0.334 e. The van der Waals surface area contributed by atoms with Crippen molar-refractivity contribution in [3.8, 4) is 0 Å². The highest BCUT2D eigenvalue weighted by atomic mass is 28.4. The quantitative estimate of drug-likeness (QED) is 0.611. The van der Waals surface area contributed by atoms with E-state index < -0.39 is 8.56 Å². The van der Waals surface area contributed by atoms with Crippen LogP contribution in [0.1, 0.15) is 26.2 Å². The monoisotopic (exact) mass is 288 g/mol. The highest BCUT2D eigenvalue weighted by molar-refractivity contribution is 6.65. The lowest BCUT2D eigenvalue weighted by Crippen LogP contribution is -2.38. The summed E-state index contributed by atoms with van der Waals surface area (Å²) in [6.07, 6.45) is 3.19. The Bertz CT molecular complexity index is 285. The van der Waals surface area contributed by atoms with Gasteiger partial charge in [0.15, 0.2) is 0 Å². The first-order valence-electron chi connectivity index (χ1n) is 7.20. The van der Waals surface area contributed by atoms with Crippen LogP contribution >= 0.6 is 0 Å². The zero-order chi connectivity index (χ0) is 14.3. The first-order valence-corrected chi connectivity index (χ1v) is 9.73. The number of rotatable bonds is 9. The molecule has 0 aromatic rings. The molecule has 0 spiro atoms. The molecule has 0 aromatic carbocycles. The number of amides is 2. The molecule has 0 N–H and O–H groups in total. The van der Waals surface area contributed by atoms with E-state index in [-0.39, 0.29) is 6.03 Å². The second-order valence-corrected chi connectivity index (χ2v) is 8.84. The van der Waals surface area contributed by atoms with Gasteiger partial charge < -0.3 is 18.7 Å². The smallest absolute Gasteiger partial charge is 0.334 e. The van der Waals surface area contributed by atoms with Gasteiger partial charge in [-0.05, 0) is 25.4 Å². The van der Waals surface area contributed by atoms with Gasteiger partial charge in [-0.1, -0.05) is 13.3 Å². The van der Waals surface area contributed by atoms with Crippen LogP contribution in [0.25, 0.3) is 0 Å². The number of nitrogens with zero attached hydrogens (tertiary/aromatic N) is 2. The van der Waals surface area contributed by atoms with Gasteiger partial charge in [-0.3, -0.25) is 0 Å². The third-order valence-corrected chi connectivity index (χ3v) is 6.87. The molecule has 6 heteroatoms. The van der Waals surface area contributed by atoms with E-state index in [4.69, 9.17) is 8.85 Å². The van der Waals surface area contributed by atoms with Crippen LogP contribution in [0.5, 0.6) is 0 Å². The van der Waals surface area contributed by atoms with Crippen LogP contribution in [-0.4, -0.2) is 64.8 Å². The van der Waals surface area contributed by atoms with Gasteiger partial charge in [0.1, 0.15) is 0 Å². The van der Waals surface area contributed by atoms with Crippen molar-refractivity contribution in [1.29, 1.82) is 0 Å². The summed E-state index contributed by atoms with van der Waals surface area (Å²) >= 11 is 0. The van der Waals surface area contributed by atoms with E-state index in [1.807, 2.05) is 9.80 Å². The molecule has 5 nitrogen and oxygen atoms in total. The van der Waals surface area contributed by atoms with E-state index in [9.17, 15) is 4.79 Å². The third-order valence-electron chi connectivity index (χ3n) is 3.88. The van der Waals surface area contributed by atoms with Gasteiger partial charge in [0, 0.05) is 40.4 Å². The Kier molecular flexibility index (Phi) is 6.81. The summed E-state index contributed by atoms with van der Waals surface area (Å²) in [5.41, 5.74) is 0. The number of hydrogen-bond donors (Lipinski definition) is 0. The van der Waals surface area contributed by atoms with Crippen molar-refractivity contribution >= 4 is 14.6 Å². The normalized spacial score (nSPS) is 16.5. The van der Waals surface area contributed by atoms with Crippen molar-refractivity contribution in [2.75, 3.05) is 40.4 Å². The van der Waals surface area contributed by atoms with Crippen molar-refractivity contribution in [3.05, 3.63) is 0 Å². The Morgan fingerprint density at radius 1 is 1.11 bits per heavy atom. The Balaban J connectivity index is 2.29. The van der Waals surface area contributed by atoms with Crippen molar-refractivity contribution in [2.45, 2.75) is 38.8 Å². The Hall–Kier alpha value is -0.593. The summed E-state index contributed by atoms with van der Waals surface area (Å²) in [7, 11) is 1.44. The molecule has 1 heterocycles. The van der Waals surface area contributed by atoms with Gasteiger partial charge in [0.05, 0.1) is 0 Å². The predicted octanol–water partition coefficient (Wildman–Crippen LogP) is 2.28. The largest absolute Gasteiger partial charge is 0.398 e. The highest BCUT2D eigenvalue weighted by Crippen LogP contribution is 2.16. The van der Waals surface area contributed by atoms with E-state index in [0.717, 1.165) is 51.5 Å². The average molecular weight is 288 g/mol. The fourth-order valence-electron chi connectivity index (χ4n) is 2.28. The third kappa shape index (κ3) is 4.78. The van der Waals surface area contributed by atoms with Gasteiger partial charge in [0.2, 0.25) is 0 Å². The summed E-state index contributed by atoms with van der Waals surface area (Å²) in [6.45, 7) is 7.67. The molecule has 0 bridgehead atoms. The van der Waals surface area contributed by atoms with Gasteiger partial charge in [0.25, 0.3) is 0 Å². The molecule has 0 aliphatic carbocycles. The van der Waals surface area contributed by atoms with Crippen LogP contribution in [0.4, 0.5) is 4.79 Å². The zero-order valence-electron chi connectivity index (χ0n) is 12.8. The van der Waals surface area contributed by atoms with Crippen molar-refractivity contribution < 1.29 is 13.6 Å². The second-order valence-electron chi connectivity index (χ2n) is 5.26. The first-order chi connectivity index (χ1) is 9.06. The molecule has 0 atom stereocenters. The fourth-order valence-corrected chi connectivity index (χ4v) is 3.65. The Morgan fingerprint density at radius 2 is 1.63 bits per heavy atom. The molecule has 1 aliphatic rings. The maximum atomic E-state index is 12.1. The molecular weight excluding hydrogens is 260 g/mol. The SMILES string of the molecule is CCCCN1CCN(CCC[Si](C)(OC)OC)C1=O. The van der Waals surface area contributed by atoms with Crippen molar-refractivity contribution in [2.24, 2.45) is 0 Å². The van der Waals surface area contributed by atoms with E-state index in [0.29, 0.717) is 0 Å². The van der Waals surface area contributed by atoms with Crippen LogP contribution in [0.15, 0.2) is 0 Å². The lowest BCUT2D eigenvalue weighted by atomic mass is 10.3. The van der Waals surface area contributed by atoms with Gasteiger partial charge in [-0.15, -0.1) is 0 Å². The lowest BCUT2D eigenvalue weighted by Gasteiger charge is -2.24. The number of carbonyl (C=O) groups is 1. The maximum absolute atomic E-state index is 12.1. The number of carbonyl (C=O) groups excluding carboxylic acids is 1. The first kappa shape index (κ1) is 16.5. The van der Waals surface area contributed by atoms with Crippen LogP contribution in [0.3, 0.4) is 0 Å². The number of unbranched alkanes of at least 4 members (excludes halogenated alkanes) is 1. The van der Waals surface area contributed by atoms with Gasteiger partial charge >= 0.3 is 14.6 Å². The number of urea groups is 1. The topological polar surface area (TPSA) is 42.0 Å². The van der Waals surface area contributed by atoms with Crippen LogP contribution < -0.4 is 0 Å². The highest BCUT2D eigenvalue weighted by Gasteiger charge is 2.31. The van der Waals surface area contributed by atoms with Crippen molar-refractivity contribution in [1.82, 2.24) is 9.80 Å². The summed E-state index contributed by atoms with van der Waals surface area (Å²) in [6, 6.07) is 1.13. The van der Waals surface area contributed by atoms with Gasteiger partial charge in [-0.25, -0.2) is 4.79 Å². The number of hydrogen-bond acceptors (Lipinski definition) is 3. The molecule has 0 aromatic heterocycles. The summed E-state index contributed by atoms with van der Waals surface area (Å²) in [5, 5.41) is 0. The van der Waals surface area contributed by atoms with Crippen LogP contribution in [0, 0.1) is 0 Å². The summed E-state index contributed by atoms with van der Waals surface area (Å²) < 4.78 is 10.9.